The molecule has 4 aliphatic rings. The van der Waals surface area contributed by atoms with Crippen molar-refractivity contribution in [1.82, 2.24) is 9.80 Å². The number of anilines is 2. The Morgan fingerprint density at radius 1 is 0.939 bits per heavy atom. The van der Waals surface area contributed by atoms with Gasteiger partial charge in [0, 0.05) is 57.1 Å². The van der Waals surface area contributed by atoms with E-state index in [1.807, 2.05) is 25.7 Å². The van der Waals surface area contributed by atoms with Gasteiger partial charge in [-0.15, -0.1) is 0 Å². The van der Waals surface area contributed by atoms with Gasteiger partial charge in [-0.25, -0.2) is 4.79 Å². The maximum atomic E-state index is 12.4. The van der Waals surface area contributed by atoms with E-state index >= 15 is 0 Å². The Balaban J connectivity index is 1.18. The molecule has 0 aromatic heterocycles. The highest BCUT2D eigenvalue weighted by atomic mass is 16.6. The van der Waals surface area contributed by atoms with Gasteiger partial charge in [0.1, 0.15) is 11.4 Å². The molecule has 1 aromatic rings. The Labute approximate surface area is 198 Å². The summed E-state index contributed by atoms with van der Waals surface area (Å²) in [6.45, 7) is 11.2. The first-order valence-electron chi connectivity index (χ1n) is 12.8. The molecule has 33 heavy (non-hydrogen) atoms. The van der Waals surface area contributed by atoms with E-state index < -0.39 is 5.60 Å². The molecule has 2 saturated carbocycles. The predicted molar refractivity (Wildman–Crippen MR) is 131 cm³/mol. The zero-order valence-corrected chi connectivity index (χ0v) is 20.5. The number of benzene rings is 1. The van der Waals surface area contributed by atoms with Crippen LogP contribution < -0.4 is 15.4 Å². The third-order valence-corrected chi connectivity index (χ3v) is 7.28. The van der Waals surface area contributed by atoms with Crippen LogP contribution in [0.5, 0.6) is 5.75 Å². The molecule has 2 aliphatic heterocycles. The fraction of sp³-hybridized carbons (Fsp3) is 0.731. The molecule has 182 valence electrons. The van der Waals surface area contributed by atoms with Crippen LogP contribution in [0.3, 0.4) is 0 Å². The van der Waals surface area contributed by atoms with Crippen molar-refractivity contribution < 1.29 is 14.3 Å². The van der Waals surface area contributed by atoms with Crippen molar-refractivity contribution in [2.75, 3.05) is 49.9 Å². The molecule has 2 aliphatic carbocycles. The number of nitrogens with zero attached hydrogens (tertiary/aromatic N) is 3. The number of carbonyl (C=O) groups excluding carboxylic acids is 1. The fourth-order valence-electron chi connectivity index (χ4n) is 5.13. The second kappa shape index (κ2) is 8.90. The second-order valence-electron chi connectivity index (χ2n) is 11.3. The summed E-state index contributed by atoms with van der Waals surface area (Å²) in [5.41, 5.74) is 9.48. The molecule has 0 bridgehead atoms. The van der Waals surface area contributed by atoms with Crippen LogP contribution in [0.2, 0.25) is 0 Å². The smallest absolute Gasteiger partial charge is 0.410 e. The Bertz CT molecular complexity index is 859. The molecule has 7 nitrogen and oxygen atoms in total. The monoisotopic (exact) mass is 456 g/mol. The lowest BCUT2D eigenvalue weighted by atomic mass is 9.99. The highest BCUT2D eigenvalue weighted by Gasteiger charge is 2.34. The van der Waals surface area contributed by atoms with E-state index in [4.69, 9.17) is 15.2 Å². The molecule has 0 unspecified atom stereocenters. The first kappa shape index (κ1) is 22.6. The highest BCUT2D eigenvalue weighted by molar-refractivity contribution is 5.69. The summed E-state index contributed by atoms with van der Waals surface area (Å²) in [6.07, 6.45) is 7.31. The van der Waals surface area contributed by atoms with Crippen LogP contribution in [0.15, 0.2) is 12.1 Å². The van der Waals surface area contributed by atoms with Crippen molar-refractivity contribution in [3.63, 3.8) is 0 Å². The fourth-order valence-corrected chi connectivity index (χ4v) is 5.13. The molecule has 4 fully saturated rings. The number of nitrogen functional groups attached to an aromatic ring is 1. The van der Waals surface area contributed by atoms with E-state index in [9.17, 15) is 4.79 Å². The summed E-state index contributed by atoms with van der Waals surface area (Å²) in [5.74, 6) is 1.54. The third kappa shape index (κ3) is 5.51. The first-order valence-corrected chi connectivity index (χ1v) is 12.8. The second-order valence-corrected chi connectivity index (χ2v) is 11.3. The van der Waals surface area contributed by atoms with E-state index in [2.05, 4.69) is 21.9 Å². The molecule has 0 spiro atoms. The van der Waals surface area contributed by atoms with Crippen LogP contribution >= 0.6 is 0 Å². The van der Waals surface area contributed by atoms with Gasteiger partial charge in [0.2, 0.25) is 0 Å². The molecule has 0 radical (unpaired) electrons. The lowest BCUT2D eigenvalue weighted by Gasteiger charge is -2.43. The number of piperazine rings is 1. The summed E-state index contributed by atoms with van der Waals surface area (Å²) >= 11 is 0. The molecular formula is C26H40N4O3. The van der Waals surface area contributed by atoms with Crippen LogP contribution in [0.1, 0.15) is 70.8 Å². The summed E-state index contributed by atoms with van der Waals surface area (Å²) in [5, 5.41) is 0. The first-order chi connectivity index (χ1) is 15.8. The van der Waals surface area contributed by atoms with Gasteiger partial charge in [-0.2, -0.15) is 0 Å². The van der Waals surface area contributed by atoms with E-state index in [1.54, 1.807) is 0 Å². The van der Waals surface area contributed by atoms with Crippen molar-refractivity contribution >= 4 is 17.5 Å². The SMILES string of the molecule is CC(C)(C)OC(=O)N1CCN(C2CCN(c3cc(OC4CC4)c(N)cc3C3CC3)CC2)CC1. The lowest BCUT2D eigenvalue weighted by Crippen LogP contribution is -2.55. The van der Waals surface area contributed by atoms with E-state index in [0.717, 1.165) is 76.4 Å². The average Bonchev–Trinajstić information content (AvgIpc) is 3.69. The van der Waals surface area contributed by atoms with Crippen molar-refractivity contribution in [2.45, 2.75) is 83.0 Å². The van der Waals surface area contributed by atoms with Gasteiger partial charge in [-0.3, -0.25) is 4.90 Å². The minimum atomic E-state index is -0.438. The summed E-state index contributed by atoms with van der Waals surface area (Å²) < 4.78 is 11.7. The number of hydrogen-bond donors (Lipinski definition) is 1. The number of nitrogens with two attached hydrogens (primary N) is 1. The molecular weight excluding hydrogens is 416 g/mol. The third-order valence-electron chi connectivity index (χ3n) is 7.28. The van der Waals surface area contributed by atoms with E-state index in [-0.39, 0.29) is 6.09 Å². The van der Waals surface area contributed by atoms with Gasteiger partial charge < -0.3 is 25.0 Å². The molecule has 5 rings (SSSR count). The van der Waals surface area contributed by atoms with E-state index in [1.165, 1.54) is 24.1 Å². The van der Waals surface area contributed by atoms with Gasteiger partial charge in [-0.1, -0.05) is 0 Å². The maximum absolute atomic E-state index is 12.4. The van der Waals surface area contributed by atoms with Crippen molar-refractivity contribution in [2.24, 2.45) is 0 Å². The topological polar surface area (TPSA) is 71.3 Å². The predicted octanol–water partition coefficient (Wildman–Crippen LogP) is 4.21. The number of amides is 1. The van der Waals surface area contributed by atoms with Crippen LogP contribution in [0.4, 0.5) is 16.2 Å². The summed E-state index contributed by atoms with van der Waals surface area (Å²) in [7, 11) is 0. The minimum Gasteiger partial charge on any atom is -0.488 e. The number of piperidine rings is 1. The van der Waals surface area contributed by atoms with Crippen LogP contribution in [-0.2, 0) is 4.74 Å². The molecule has 2 saturated heterocycles. The van der Waals surface area contributed by atoms with Crippen LogP contribution in [0.25, 0.3) is 0 Å². The normalized spacial score (nSPS) is 23.0. The van der Waals surface area contributed by atoms with Crippen LogP contribution in [-0.4, -0.2) is 72.9 Å². The number of hydrogen-bond acceptors (Lipinski definition) is 6. The van der Waals surface area contributed by atoms with Gasteiger partial charge in [0.15, 0.2) is 0 Å². The molecule has 2 heterocycles. The lowest BCUT2D eigenvalue weighted by molar-refractivity contribution is 0.00902. The molecule has 1 amide bonds. The summed E-state index contributed by atoms with van der Waals surface area (Å²) in [6, 6.07) is 5.00. The zero-order chi connectivity index (χ0) is 23.2. The largest absolute Gasteiger partial charge is 0.488 e. The van der Waals surface area contributed by atoms with Gasteiger partial charge in [0.05, 0.1) is 11.8 Å². The van der Waals surface area contributed by atoms with Gasteiger partial charge in [0.25, 0.3) is 0 Å². The number of carbonyl (C=O) groups is 1. The summed E-state index contributed by atoms with van der Waals surface area (Å²) in [4.78, 5) is 19.4. The average molecular weight is 457 g/mol. The standard InChI is InChI=1S/C26H40N4O3/c1-26(2,3)33-25(31)30-14-12-28(13-15-30)19-8-10-29(11-9-19)23-17-24(32-20-6-7-20)22(27)16-21(23)18-4-5-18/h16-20H,4-15,27H2,1-3H3. The zero-order valence-electron chi connectivity index (χ0n) is 20.5. The number of rotatable bonds is 5. The van der Waals surface area contributed by atoms with Gasteiger partial charge >= 0.3 is 6.09 Å². The number of ether oxygens (including phenoxy) is 2. The highest BCUT2D eigenvalue weighted by Crippen LogP contribution is 2.48. The van der Waals surface area contributed by atoms with E-state index in [0.29, 0.717) is 18.1 Å². The maximum Gasteiger partial charge on any atom is 0.410 e. The molecule has 1 aromatic carbocycles. The quantitative estimate of drug-likeness (QED) is 0.670. The van der Waals surface area contributed by atoms with Crippen molar-refractivity contribution in [3.8, 4) is 5.75 Å². The van der Waals surface area contributed by atoms with Gasteiger partial charge in [-0.05, 0) is 76.8 Å². The Morgan fingerprint density at radius 2 is 1.61 bits per heavy atom. The van der Waals surface area contributed by atoms with Crippen molar-refractivity contribution in [3.05, 3.63) is 17.7 Å². The van der Waals surface area contributed by atoms with Crippen molar-refractivity contribution in [1.29, 1.82) is 0 Å². The molecule has 7 heteroatoms. The minimum absolute atomic E-state index is 0.183. The Kier molecular flexibility index (Phi) is 6.10. The molecule has 0 atom stereocenters. The van der Waals surface area contributed by atoms with Crippen LogP contribution in [0, 0.1) is 0 Å². The molecule has 2 N–H and O–H groups in total. The Hall–Kier alpha value is -2.15. The Morgan fingerprint density at radius 3 is 2.18 bits per heavy atom.